The van der Waals surface area contributed by atoms with Crippen LogP contribution < -0.4 is 10.9 Å². The van der Waals surface area contributed by atoms with E-state index in [0.29, 0.717) is 18.0 Å². The van der Waals surface area contributed by atoms with Gasteiger partial charge in [0.25, 0.3) is 5.56 Å². The average molecular weight is 310 g/mol. The number of aryl methyl sites for hydroxylation is 2. The topological polar surface area (TPSA) is 51.1 Å². The van der Waals surface area contributed by atoms with Gasteiger partial charge in [0.1, 0.15) is 6.54 Å². The van der Waals surface area contributed by atoms with Crippen molar-refractivity contribution in [3.63, 3.8) is 0 Å². The van der Waals surface area contributed by atoms with Crippen molar-refractivity contribution in [2.75, 3.05) is 6.54 Å². The lowest BCUT2D eigenvalue weighted by Gasteiger charge is -2.25. The van der Waals surface area contributed by atoms with Gasteiger partial charge in [-0.2, -0.15) is 0 Å². The number of benzene rings is 1. The molecule has 1 heterocycles. The van der Waals surface area contributed by atoms with E-state index in [0.717, 1.165) is 19.3 Å². The second kappa shape index (κ2) is 6.82. The summed E-state index contributed by atoms with van der Waals surface area (Å²) >= 11 is 0. The molecule has 0 radical (unpaired) electrons. The molecule has 0 saturated carbocycles. The first-order valence-electron chi connectivity index (χ1n) is 8.15. The first kappa shape index (κ1) is 15.5. The zero-order chi connectivity index (χ0) is 16.2. The van der Waals surface area contributed by atoms with Crippen molar-refractivity contribution >= 4 is 5.91 Å². The molecule has 0 aliphatic heterocycles. The van der Waals surface area contributed by atoms with Crippen LogP contribution in [0.3, 0.4) is 0 Å². The van der Waals surface area contributed by atoms with Crippen LogP contribution in [-0.2, 0) is 17.8 Å². The molecule has 1 aromatic heterocycles. The predicted octanol–water partition coefficient (Wildman–Crippen LogP) is 2.39. The van der Waals surface area contributed by atoms with Crippen LogP contribution in [0, 0.1) is 6.92 Å². The van der Waals surface area contributed by atoms with Gasteiger partial charge < -0.3 is 9.88 Å². The summed E-state index contributed by atoms with van der Waals surface area (Å²) in [4.78, 5) is 24.1. The molecule has 120 valence electrons. The molecule has 0 fully saturated rings. The summed E-state index contributed by atoms with van der Waals surface area (Å²) in [5.74, 6) is 0.263. The quantitative estimate of drug-likeness (QED) is 0.943. The number of fused-ring (bicyclic) bond motifs is 1. The summed E-state index contributed by atoms with van der Waals surface area (Å²) in [6.45, 7) is 2.47. The fourth-order valence-corrected chi connectivity index (χ4v) is 3.30. The molecule has 1 amide bonds. The number of pyridine rings is 1. The summed E-state index contributed by atoms with van der Waals surface area (Å²) in [6, 6.07) is 12.0. The highest BCUT2D eigenvalue weighted by Crippen LogP contribution is 2.30. The highest BCUT2D eigenvalue weighted by Gasteiger charge is 2.20. The number of hydrogen-bond acceptors (Lipinski definition) is 2. The summed E-state index contributed by atoms with van der Waals surface area (Å²) < 4.78 is 1.46. The van der Waals surface area contributed by atoms with Crippen molar-refractivity contribution in [2.45, 2.75) is 38.6 Å². The third kappa shape index (κ3) is 3.52. The van der Waals surface area contributed by atoms with E-state index >= 15 is 0 Å². The van der Waals surface area contributed by atoms with E-state index in [4.69, 9.17) is 0 Å². The highest BCUT2D eigenvalue weighted by molar-refractivity contribution is 5.75. The molecule has 23 heavy (non-hydrogen) atoms. The van der Waals surface area contributed by atoms with Crippen LogP contribution in [0.5, 0.6) is 0 Å². The third-order valence-electron chi connectivity index (χ3n) is 4.56. The summed E-state index contributed by atoms with van der Waals surface area (Å²) in [5, 5.41) is 2.99. The fourth-order valence-electron chi connectivity index (χ4n) is 3.30. The maximum absolute atomic E-state index is 12.2. The standard InChI is InChI=1S/C19H22N2O2/c1-14-6-5-11-21(19(14)23)13-18(22)20-12-16-9-4-8-15-7-2-3-10-17(15)16/h2-3,5-7,10-11,16H,4,8-9,12-13H2,1H3,(H,20,22)/t16-/m1/s1. The SMILES string of the molecule is Cc1cccn(CC(=O)NC[C@H]2CCCc3ccccc32)c1=O. The van der Waals surface area contributed by atoms with Crippen LogP contribution >= 0.6 is 0 Å². The molecular weight excluding hydrogens is 288 g/mol. The number of carbonyl (C=O) groups excluding carboxylic acids is 1. The zero-order valence-electron chi connectivity index (χ0n) is 13.4. The molecule has 4 nitrogen and oxygen atoms in total. The van der Waals surface area contributed by atoms with Crippen molar-refractivity contribution in [3.8, 4) is 0 Å². The van der Waals surface area contributed by atoms with Crippen LogP contribution in [0.1, 0.15) is 35.4 Å². The van der Waals surface area contributed by atoms with Crippen molar-refractivity contribution in [1.82, 2.24) is 9.88 Å². The maximum atomic E-state index is 12.2. The van der Waals surface area contributed by atoms with Gasteiger partial charge in [0.15, 0.2) is 0 Å². The van der Waals surface area contributed by atoms with Crippen molar-refractivity contribution < 1.29 is 4.79 Å². The van der Waals surface area contributed by atoms with Gasteiger partial charge >= 0.3 is 0 Å². The Labute approximate surface area is 136 Å². The van der Waals surface area contributed by atoms with Gasteiger partial charge in [-0.1, -0.05) is 30.3 Å². The molecule has 0 bridgehead atoms. The minimum Gasteiger partial charge on any atom is -0.354 e. The second-order valence-electron chi connectivity index (χ2n) is 6.22. The largest absolute Gasteiger partial charge is 0.354 e. The van der Waals surface area contributed by atoms with E-state index in [2.05, 4.69) is 29.6 Å². The summed E-state index contributed by atoms with van der Waals surface area (Å²) in [7, 11) is 0. The number of aromatic nitrogens is 1. The molecule has 1 aliphatic rings. The van der Waals surface area contributed by atoms with Crippen LogP contribution in [0.2, 0.25) is 0 Å². The van der Waals surface area contributed by atoms with Crippen LogP contribution in [0.15, 0.2) is 47.4 Å². The van der Waals surface area contributed by atoms with Crippen molar-refractivity contribution in [1.29, 1.82) is 0 Å². The van der Waals surface area contributed by atoms with Gasteiger partial charge in [-0.3, -0.25) is 9.59 Å². The number of rotatable bonds is 4. The smallest absolute Gasteiger partial charge is 0.253 e. The second-order valence-corrected chi connectivity index (χ2v) is 6.22. The van der Waals surface area contributed by atoms with Crippen molar-refractivity contribution in [3.05, 3.63) is 69.6 Å². The molecule has 4 heteroatoms. The lowest BCUT2D eigenvalue weighted by atomic mass is 9.83. The first-order valence-corrected chi connectivity index (χ1v) is 8.15. The Morgan fingerprint density at radius 3 is 2.96 bits per heavy atom. The lowest BCUT2D eigenvalue weighted by Crippen LogP contribution is -2.35. The Kier molecular flexibility index (Phi) is 4.60. The molecule has 2 aromatic rings. The van der Waals surface area contributed by atoms with E-state index in [9.17, 15) is 9.59 Å². The van der Waals surface area contributed by atoms with Gasteiger partial charge in [-0.15, -0.1) is 0 Å². The molecule has 0 spiro atoms. The van der Waals surface area contributed by atoms with Gasteiger partial charge in [0, 0.05) is 24.2 Å². The zero-order valence-corrected chi connectivity index (χ0v) is 13.4. The highest BCUT2D eigenvalue weighted by atomic mass is 16.2. The Hall–Kier alpha value is -2.36. The van der Waals surface area contributed by atoms with Crippen LogP contribution in [0.25, 0.3) is 0 Å². The third-order valence-corrected chi connectivity index (χ3v) is 4.56. The van der Waals surface area contributed by atoms with E-state index in [-0.39, 0.29) is 18.0 Å². The number of amides is 1. The van der Waals surface area contributed by atoms with E-state index in [1.54, 1.807) is 25.3 Å². The lowest BCUT2D eigenvalue weighted by molar-refractivity contribution is -0.121. The normalized spacial score (nSPS) is 16.7. The minimum absolute atomic E-state index is 0.0783. The molecule has 1 aromatic carbocycles. The van der Waals surface area contributed by atoms with Crippen LogP contribution in [0.4, 0.5) is 0 Å². The monoisotopic (exact) mass is 310 g/mol. The Morgan fingerprint density at radius 2 is 2.09 bits per heavy atom. The molecule has 1 aliphatic carbocycles. The number of nitrogens with zero attached hydrogens (tertiary/aromatic N) is 1. The number of nitrogens with one attached hydrogen (secondary N) is 1. The van der Waals surface area contributed by atoms with E-state index in [1.165, 1.54) is 15.7 Å². The molecular formula is C19H22N2O2. The van der Waals surface area contributed by atoms with Crippen LogP contribution in [-0.4, -0.2) is 17.0 Å². The molecule has 1 atom stereocenters. The Balaban J connectivity index is 1.62. The average Bonchev–Trinajstić information content (AvgIpc) is 2.57. The maximum Gasteiger partial charge on any atom is 0.253 e. The minimum atomic E-state index is -0.110. The van der Waals surface area contributed by atoms with Gasteiger partial charge in [-0.25, -0.2) is 0 Å². The van der Waals surface area contributed by atoms with Gasteiger partial charge in [-0.05, 0) is 43.4 Å². The molecule has 1 N–H and O–H groups in total. The molecule has 0 saturated heterocycles. The molecule has 0 unspecified atom stereocenters. The summed E-state index contributed by atoms with van der Waals surface area (Å²) in [6.07, 6.45) is 5.04. The van der Waals surface area contributed by atoms with E-state index in [1.807, 2.05) is 0 Å². The predicted molar refractivity (Wildman–Crippen MR) is 90.6 cm³/mol. The Bertz CT molecular complexity index is 764. The van der Waals surface area contributed by atoms with Gasteiger partial charge in [0.05, 0.1) is 0 Å². The van der Waals surface area contributed by atoms with Gasteiger partial charge in [0.2, 0.25) is 5.91 Å². The number of carbonyl (C=O) groups is 1. The Morgan fingerprint density at radius 1 is 1.26 bits per heavy atom. The first-order chi connectivity index (χ1) is 11.1. The van der Waals surface area contributed by atoms with E-state index < -0.39 is 0 Å². The fraction of sp³-hybridized carbons (Fsp3) is 0.368. The van der Waals surface area contributed by atoms with Crippen molar-refractivity contribution in [2.24, 2.45) is 0 Å². The number of hydrogen-bond donors (Lipinski definition) is 1. The molecule has 3 rings (SSSR count). The summed E-state index contributed by atoms with van der Waals surface area (Å²) in [5.41, 5.74) is 3.30.